The van der Waals surface area contributed by atoms with E-state index in [1.807, 2.05) is 37.2 Å². The monoisotopic (exact) mass is 416 g/mol. The van der Waals surface area contributed by atoms with Gasteiger partial charge in [-0.3, -0.25) is 9.59 Å². The molecule has 2 atom stereocenters. The fourth-order valence-electron chi connectivity index (χ4n) is 3.76. The lowest BCUT2D eigenvalue weighted by Crippen LogP contribution is -2.37. The molecule has 1 aromatic rings. The summed E-state index contributed by atoms with van der Waals surface area (Å²) in [6, 6.07) is 5.96. The van der Waals surface area contributed by atoms with Crippen molar-refractivity contribution in [2.75, 3.05) is 39.5 Å². The fourth-order valence-corrected chi connectivity index (χ4v) is 3.76. The Morgan fingerprint density at radius 2 is 2.07 bits per heavy atom. The van der Waals surface area contributed by atoms with E-state index in [1.54, 1.807) is 4.90 Å². The number of likely N-dealkylation sites (N-methyl/N-ethyl adjacent to an activating group) is 1. The second-order valence-corrected chi connectivity index (χ2v) is 7.46. The number of carbonyl (C=O) groups is 2. The van der Waals surface area contributed by atoms with E-state index in [-0.39, 0.29) is 48.6 Å². The highest BCUT2D eigenvalue weighted by Crippen LogP contribution is 2.31. The zero-order valence-electron chi connectivity index (χ0n) is 15.9. The predicted molar refractivity (Wildman–Crippen MR) is 112 cm³/mol. The van der Waals surface area contributed by atoms with Gasteiger partial charge in [0.05, 0.1) is 12.0 Å². The van der Waals surface area contributed by atoms with Gasteiger partial charge in [-0.25, -0.2) is 0 Å². The lowest BCUT2D eigenvalue weighted by Gasteiger charge is -2.27. The van der Waals surface area contributed by atoms with Crippen molar-refractivity contribution in [2.45, 2.75) is 31.7 Å². The van der Waals surface area contributed by atoms with Crippen LogP contribution in [0.1, 0.15) is 36.4 Å². The van der Waals surface area contributed by atoms with Gasteiger partial charge in [0.15, 0.2) is 0 Å². The molecule has 0 saturated carbocycles. The molecular weight excluding hydrogens is 387 g/mol. The second-order valence-electron chi connectivity index (χ2n) is 7.46. The average Bonchev–Trinajstić information content (AvgIpc) is 2.94. The van der Waals surface area contributed by atoms with Crippen LogP contribution in [0.4, 0.5) is 5.69 Å². The van der Waals surface area contributed by atoms with Gasteiger partial charge in [-0.1, -0.05) is 6.07 Å². The van der Waals surface area contributed by atoms with Crippen molar-refractivity contribution in [1.82, 2.24) is 15.1 Å². The van der Waals surface area contributed by atoms with Crippen molar-refractivity contribution < 1.29 is 9.59 Å². The molecule has 6 nitrogen and oxygen atoms in total. The number of hydrogen-bond acceptors (Lipinski definition) is 4. The number of benzene rings is 1. The van der Waals surface area contributed by atoms with Gasteiger partial charge in [0.2, 0.25) is 11.8 Å². The second kappa shape index (κ2) is 10.2. The maximum atomic E-state index is 12.7. The highest BCUT2D eigenvalue weighted by molar-refractivity contribution is 5.89. The van der Waals surface area contributed by atoms with Crippen molar-refractivity contribution in [3.05, 3.63) is 29.3 Å². The van der Waals surface area contributed by atoms with Crippen molar-refractivity contribution in [3.63, 3.8) is 0 Å². The first kappa shape index (κ1) is 23.5. The van der Waals surface area contributed by atoms with Crippen molar-refractivity contribution >= 4 is 42.3 Å². The molecule has 1 fully saturated rings. The third-order valence-electron chi connectivity index (χ3n) is 5.20. The van der Waals surface area contributed by atoms with Gasteiger partial charge in [-0.05, 0) is 56.6 Å². The van der Waals surface area contributed by atoms with E-state index in [0.717, 1.165) is 31.5 Å². The maximum Gasteiger partial charge on any atom is 0.225 e. The number of hydrogen-bond donors (Lipinski definition) is 2. The number of anilines is 1. The van der Waals surface area contributed by atoms with Gasteiger partial charge in [-0.15, -0.1) is 24.8 Å². The Bertz CT molecular complexity index is 669. The van der Waals surface area contributed by atoms with Crippen LogP contribution in [-0.4, -0.2) is 55.3 Å². The van der Waals surface area contributed by atoms with Crippen LogP contribution in [0, 0.1) is 5.92 Å². The molecular formula is C19H30Cl2N4O2. The van der Waals surface area contributed by atoms with Gasteiger partial charge in [0.25, 0.3) is 0 Å². The average molecular weight is 417 g/mol. The molecule has 3 N–H and O–H groups in total. The molecule has 1 saturated heterocycles. The normalized spacial score (nSPS) is 21.3. The SMILES string of the molecule is CN(C)CCN1CC(C(=O)NC2CCCc3cc(N)ccc32)CC1=O.Cl.Cl. The largest absolute Gasteiger partial charge is 0.399 e. The van der Waals surface area contributed by atoms with Crippen LogP contribution >= 0.6 is 24.8 Å². The van der Waals surface area contributed by atoms with Gasteiger partial charge in [0, 0.05) is 31.7 Å². The number of aryl methyl sites for hydroxylation is 1. The van der Waals surface area contributed by atoms with Crippen molar-refractivity contribution in [1.29, 1.82) is 0 Å². The van der Waals surface area contributed by atoms with E-state index >= 15 is 0 Å². The first-order valence-electron chi connectivity index (χ1n) is 9.05. The quantitative estimate of drug-likeness (QED) is 0.719. The lowest BCUT2D eigenvalue weighted by atomic mass is 9.87. The molecule has 3 rings (SSSR count). The lowest BCUT2D eigenvalue weighted by molar-refractivity contribution is -0.129. The molecule has 0 spiro atoms. The number of halogens is 2. The van der Waals surface area contributed by atoms with Gasteiger partial charge in [0.1, 0.15) is 0 Å². The predicted octanol–water partition coefficient (Wildman–Crippen LogP) is 2.02. The molecule has 2 aliphatic rings. The summed E-state index contributed by atoms with van der Waals surface area (Å²) in [5.74, 6) is -0.164. The molecule has 1 aliphatic heterocycles. The van der Waals surface area contributed by atoms with E-state index < -0.39 is 0 Å². The Morgan fingerprint density at radius 1 is 1.33 bits per heavy atom. The summed E-state index contributed by atoms with van der Waals surface area (Å²) in [5.41, 5.74) is 9.04. The number of nitrogens with one attached hydrogen (secondary N) is 1. The minimum atomic E-state index is -0.242. The molecule has 2 amide bonds. The van der Waals surface area contributed by atoms with Crippen LogP contribution in [0.25, 0.3) is 0 Å². The van der Waals surface area contributed by atoms with Crippen LogP contribution in [0.3, 0.4) is 0 Å². The summed E-state index contributed by atoms with van der Waals surface area (Å²) in [5, 5.41) is 3.17. The number of nitrogen functional groups attached to an aromatic ring is 1. The Balaban J connectivity index is 0.00000182. The summed E-state index contributed by atoms with van der Waals surface area (Å²) < 4.78 is 0. The smallest absolute Gasteiger partial charge is 0.225 e. The number of amides is 2. The van der Waals surface area contributed by atoms with Crippen LogP contribution in [0.15, 0.2) is 18.2 Å². The summed E-state index contributed by atoms with van der Waals surface area (Å²) >= 11 is 0. The van der Waals surface area contributed by atoms with Crippen LogP contribution in [0.5, 0.6) is 0 Å². The van der Waals surface area contributed by atoms with E-state index in [9.17, 15) is 9.59 Å². The molecule has 1 aliphatic carbocycles. The van der Waals surface area contributed by atoms with E-state index in [1.165, 1.54) is 11.1 Å². The highest BCUT2D eigenvalue weighted by atomic mass is 35.5. The first-order chi connectivity index (χ1) is 11.9. The van der Waals surface area contributed by atoms with Crippen LogP contribution in [-0.2, 0) is 16.0 Å². The van der Waals surface area contributed by atoms with E-state index in [4.69, 9.17) is 5.73 Å². The Morgan fingerprint density at radius 3 is 2.78 bits per heavy atom. The third kappa shape index (κ3) is 5.74. The van der Waals surface area contributed by atoms with Gasteiger partial charge in [-0.2, -0.15) is 0 Å². The maximum absolute atomic E-state index is 12.7. The zero-order valence-corrected chi connectivity index (χ0v) is 17.6. The van der Waals surface area contributed by atoms with Gasteiger partial charge >= 0.3 is 0 Å². The molecule has 1 heterocycles. The Labute approximate surface area is 173 Å². The van der Waals surface area contributed by atoms with Crippen molar-refractivity contribution in [3.8, 4) is 0 Å². The topological polar surface area (TPSA) is 78.7 Å². The number of carbonyl (C=O) groups excluding carboxylic acids is 2. The van der Waals surface area contributed by atoms with E-state index in [0.29, 0.717) is 19.5 Å². The third-order valence-corrected chi connectivity index (χ3v) is 5.20. The molecule has 0 radical (unpaired) electrons. The molecule has 0 aromatic heterocycles. The molecule has 8 heteroatoms. The summed E-state index contributed by atoms with van der Waals surface area (Å²) in [4.78, 5) is 28.7. The number of rotatable bonds is 5. The highest BCUT2D eigenvalue weighted by Gasteiger charge is 2.35. The standard InChI is InChI=1S/C19H28N4O2.2ClH/c1-22(2)8-9-23-12-14(11-18(23)24)19(25)21-17-5-3-4-13-10-15(20)6-7-16(13)17;;/h6-7,10,14,17H,3-5,8-9,11-12,20H2,1-2H3,(H,21,25);2*1H. The van der Waals surface area contributed by atoms with Crippen LogP contribution in [0.2, 0.25) is 0 Å². The Kier molecular flexibility index (Phi) is 8.85. The fraction of sp³-hybridized carbons (Fsp3) is 0.579. The number of nitrogens with two attached hydrogens (primary N) is 1. The molecule has 2 unspecified atom stereocenters. The van der Waals surface area contributed by atoms with E-state index in [2.05, 4.69) is 5.32 Å². The molecule has 27 heavy (non-hydrogen) atoms. The minimum absolute atomic E-state index is 0. The Hall–Kier alpha value is -1.50. The first-order valence-corrected chi connectivity index (χ1v) is 9.05. The number of likely N-dealkylation sites (tertiary alicyclic amines) is 1. The summed E-state index contributed by atoms with van der Waals surface area (Å²) in [7, 11) is 3.97. The van der Waals surface area contributed by atoms with Crippen molar-refractivity contribution in [2.24, 2.45) is 5.92 Å². The zero-order chi connectivity index (χ0) is 18.0. The molecule has 0 bridgehead atoms. The van der Waals surface area contributed by atoms with Gasteiger partial charge < -0.3 is 20.9 Å². The van der Waals surface area contributed by atoms with Crippen LogP contribution < -0.4 is 11.1 Å². The summed E-state index contributed by atoms with van der Waals surface area (Å²) in [6.07, 6.45) is 3.31. The molecule has 1 aromatic carbocycles. The summed E-state index contributed by atoms with van der Waals surface area (Å²) in [6.45, 7) is 2.03. The number of fused-ring (bicyclic) bond motifs is 1. The minimum Gasteiger partial charge on any atom is -0.399 e. The number of nitrogens with zero attached hydrogens (tertiary/aromatic N) is 2. The molecule has 152 valence electrons.